The molecular weight excluding hydrogens is 258 g/mol. The smallest absolute Gasteiger partial charge is 0.119 e. The minimum Gasteiger partial charge on any atom is -0.399 e. The maximum atomic E-state index is 12.1. The van der Waals surface area contributed by atoms with E-state index in [0.29, 0.717) is 17.0 Å². The Morgan fingerprint density at radius 2 is 1.74 bits per heavy atom. The van der Waals surface area contributed by atoms with Crippen molar-refractivity contribution in [3.05, 3.63) is 64.7 Å². The predicted octanol–water partition coefficient (Wildman–Crippen LogP) is 4.42. The van der Waals surface area contributed by atoms with E-state index in [1.165, 1.54) is 5.56 Å². The van der Waals surface area contributed by atoms with E-state index in [1.54, 1.807) is 6.07 Å². The van der Waals surface area contributed by atoms with Gasteiger partial charge in [0.25, 0.3) is 0 Å². The lowest BCUT2D eigenvalue weighted by molar-refractivity contribution is 0.0794. The van der Waals surface area contributed by atoms with Crippen LogP contribution in [0.4, 0.5) is 5.69 Å². The van der Waals surface area contributed by atoms with Gasteiger partial charge in [0.05, 0.1) is 0 Å². The molecule has 0 bridgehead atoms. The molecule has 99 valence electrons. The number of rotatable bonds is 5. The molecule has 0 saturated carbocycles. The molecule has 2 rings (SSSR count). The van der Waals surface area contributed by atoms with Crippen molar-refractivity contribution in [3.8, 4) is 0 Å². The maximum Gasteiger partial charge on any atom is 0.119 e. The molecule has 2 nitrogen and oxygen atoms in total. The van der Waals surface area contributed by atoms with E-state index in [2.05, 4.69) is 0 Å². The molecule has 19 heavy (non-hydrogen) atoms. The highest BCUT2D eigenvalue weighted by molar-refractivity contribution is 6.31. The number of benzene rings is 2. The van der Waals surface area contributed by atoms with Gasteiger partial charge in [-0.1, -0.05) is 41.9 Å². The number of hydrogen-bond donors (Lipinski definition) is 1. The molecule has 0 heterocycles. The van der Waals surface area contributed by atoms with Gasteiger partial charge >= 0.3 is 0 Å². The molecule has 1 radical (unpaired) electrons. The van der Waals surface area contributed by atoms with E-state index in [9.17, 15) is 5.11 Å². The zero-order chi connectivity index (χ0) is 13.7. The average Bonchev–Trinajstić information content (AvgIpc) is 2.41. The van der Waals surface area contributed by atoms with Crippen LogP contribution in [-0.4, -0.2) is 0 Å². The second-order valence-electron chi connectivity index (χ2n) is 4.64. The first-order valence-electron chi connectivity index (χ1n) is 6.41. The molecule has 3 heteroatoms. The lowest BCUT2D eigenvalue weighted by atomic mass is 10.0. The van der Waals surface area contributed by atoms with E-state index < -0.39 is 6.10 Å². The zero-order valence-corrected chi connectivity index (χ0v) is 11.4. The van der Waals surface area contributed by atoms with Crippen LogP contribution in [0.3, 0.4) is 0 Å². The predicted molar refractivity (Wildman–Crippen MR) is 78.7 cm³/mol. The Hall–Kier alpha value is -1.51. The standard InChI is InChI=1S/C16H17ClNO/c17-15-6-2-1-5-14(15)16(19)7-3-4-12-8-10-13(18)11-9-12/h1-2,5-6,8-11,16H,3-4,7,18H2/t16-/m1/s1. The molecule has 2 aromatic rings. The molecule has 0 saturated heterocycles. The Bertz CT molecular complexity index is 525. The van der Waals surface area contributed by atoms with Crippen LogP contribution in [-0.2, 0) is 11.5 Å². The summed E-state index contributed by atoms with van der Waals surface area (Å²) in [4.78, 5) is 0. The number of nitrogens with two attached hydrogens (primary N) is 1. The molecule has 0 aliphatic heterocycles. The minimum atomic E-state index is -0.748. The number of nitrogen functional groups attached to an aromatic ring is 1. The molecule has 0 aromatic heterocycles. The van der Waals surface area contributed by atoms with Gasteiger partial charge in [0.15, 0.2) is 0 Å². The Balaban J connectivity index is 1.86. The third-order valence-corrected chi connectivity index (χ3v) is 3.51. The fraction of sp³-hybridized carbons (Fsp3) is 0.250. The highest BCUT2D eigenvalue weighted by Crippen LogP contribution is 2.26. The third-order valence-electron chi connectivity index (χ3n) is 3.16. The van der Waals surface area contributed by atoms with Gasteiger partial charge in [0, 0.05) is 16.3 Å². The van der Waals surface area contributed by atoms with Crippen molar-refractivity contribution in [1.82, 2.24) is 0 Å². The second kappa shape index (κ2) is 6.60. The Morgan fingerprint density at radius 3 is 2.42 bits per heavy atom. The SMILES string of the molecule is Nc1ccc(CCC[C@@H]([O])c2ccccc2Cl)cc1. The van der Waals surface area contributed by atoms with Crippen LogP contribution in [0.2, 0.25) is 5.02 Å². The Kier molecular flexibility index (Phi) is 4.83. The van der Waals surface area contributed by atoms with Crippen LogP contribution in [0, 0.1) is 0 Å². The molecule has 2 aromatic carbocycles. The van der Waals surface area contributed by atoms with Crippen LogP contribution in [0.5, 0.6) is 0 Å². The van der Waals surface area contributed by atoms with Gasteiger partial charge in [-0.05, 0) is 43.0 Å². The minimum absolute atomic E-state index is 0.565. The van der Waals surface area contributed by atoms with Gasteiger partial charge in [0.2, 0.25) is 0 Å². The summed E-state index contributed by atoms with van der Waals surface area (Å²) in [5.74, 6) is 0. The molecule has 2 N–H and O–H groups in total. The molecule has 1 atom stereocenters. The monoisotopic (exact) mass is 274 g/mol. The highest BCUT2D eigenvalue weighted by atomic mass is 35.5. The number of hydrogen-bond acceptors (Lipinski definition) is 1. The Morgan fingerprint density at radius 1 is 1.05 bits per heavy atom. The summed E-state index contributed by atoms with van der Waals surface area (Å²) in [5, 5.41) is 12.7. The molecule has 0 aliphatic rings. The van der Waals surface area contributed by atoms with E-state index in [-0.39, 0.29) is 0 Å². The number of aryl methyl sites for hydroxylation is 1. The molecule has 0 unspecified atom stereocenters. The number of halogens is 1. The highest BCUT2D eigenvalue weighted by Gasteiger charge is 2.12. The quantitative estimate of drug-likeness (QED) is 0.806. The van der Waals surface area contributed by atoms with Crippen molar-refractivity contribution in [2.24, 2.45) is 0 Å². The van der Waals surface area contributed by atoms with Crippen LogP contribution in [0.15, 0.2) is 48.5 Å². The van der Waals surface area contributed by atoms with Gasteiger partial charge < -0.3 is 5.73 Å². The molecular formula is C16H17ClNO. The van der Waals surface area contributed by atoms with Crippen LogP contribution < -0.4 is 5.73 Å². The van der Waals surface area contributed by atoms with Crippen molar-refractivity contribution in [2.75, 3.05) is 5.73 Å². The molecule has 0 amide bonds. The molecule has 0 aliphatic carbocycles. The largest absolute Gasteiger partial charge is 0.399 e. The molecule has 0 fully saturated rings. The van der Waals surface area contributed by atoms with Crippen molar-refractivity contribution in [2.45, 2.75) is 25.4 Å². The summed E-state index contributed by atoms with van der Waals surface area (Å²) >= 11 is 6.02. The van der Waals surface area contributed by atoms with E-state index in [0.717, 1.165) is 18.5 Å². The summed E-state index contributed by atoms with van der Waals surface area (Å²) in [5.41, 5.74) is 8.30. The zero-order valence-electron chi connectivity index (χ0n) is 10.7. The van der Waals surface area contributed by atoms with Crippen LogP contribution in [0.25, 0.3) is 0 Å². The van der Waals surface area contributed by atoms with Gasteiger partial charge in [0.1, 0.15) is 6.10 Å². The lowest BCUT2D eigenvalue weighted by Gasteiger charge is -2.10. The van der Waals surface area contributed by atoms with Gasteiger partial charge in [-0.2, -0.15) is 0 Å². The first-order valence-corrected chi connectivity index (χ1v) is 6.79. The lowest BCUT2D eigenvalue weighted by Crippen LogP contribution is -1.98. The topological polar surface area (TPSA) is 45.9 Å². The third kappa shape index (κ3) is 3.98. The van der Waals surface area contributed by atoms with Gasteiger partial charge in [-0.3, -0.25) is 0 Å². The first-order chi connectivity index (χ1) is 9.16. The summed E-state index contributed by atoms with van der Waals surface area (Å²) in [6.07, 6.45) is 1.59. The van der Waals surface area contributed by atoms with E-state index in [4.69, 9.17) is 17.3 Å². The fourth-order valence-electron chi connectivity index (χ4n) is 2.07. The van der Waals surface area contributed by atoms with Gasteiger partial charge in [-0.15, -0.1) is 0 Å². The summed E-state index contributed by atoms with van der Waals surface area (Å²) in [7, 11) is 0. The van der Waals surface area contributed by atoms with Crippen molar-refractivity contribution < 1.29 is 5.11 Å². The van der Waals surface area contributed by atoms with Crippen LogP contribution in [0.1, 0.15) is 30.1 Å². The van der Waals surface area contributed by atoms with E-state index in [1.807, 2.05) is 42.5 Å². The van der Waals surface area contributed by atoms with Crippen molar-refractivity contribution in [1.29, 1.82) is 0 Å². The Labute approximate surface area is 118 Å². The van der Waals surface area contributed by atoms with E-state index >= 15 is 0 Å². The second-order valence-corrected chi connectivity index (χ2v) is 5.05. The maximum absolute atomic E-state index is 12.1. The van der Waals surface area contributed by atoms with Crippen LogP contribution >= 0.6 is 11.6 Å². The van der Waals surface area contributed by atoms with Gasteiger partial charge in [-0.25, -0.2) is 5.11 Å². The first kappa shape index (κ1) is 13.9. The van der Waals surface area contributed by atoms with Crippen molar-refractivity contribution >= 4 is 17.3 Å². The van der Waals surface area contributed by atoms with Crippen molar-refractivity contribution in [3.63, 3.8) is 0 Å². The molecule has 0 spiro atoms. The normalized spacial score (nSPS) is 12.3. The summed E-state index contributed by atoms with van der Waals surface area (Å²) < 4.78 is 0. The fourth-order valence-corrected chi connectivity index (χ4v) is 2.33. The summed E-state index contributed by atoms with van der Waals surface area (Å²) in [6, 6.07) is 15.1. The average molecular weight is 275 g/mol. The summed E-state index contributed by atoms with van der Waals surface area (Å²) in [6.45, 7) is 0. The number of anilines is 1.